The number of nitrogens with one attached hydrogen (secondary N) is 1. The number of ether oxygens (including phenoxy) is 2. The van der Waals surface area contributed by atoms with E-state index in [9.17, 15) is 28.8 Å². The van der Waals surface area contributed by atoms with Crippen molar-refractivity contribution in [3.05, 3.63) is 103 Å². The molecule has 0 spiro atoms. The Hall–Kier alpha value is -7.12. The molecule has 4 aromatic heterocycles. The lowest BCUT2D eigenvalue weighted by atomic mass is 9.96. The molecule has 1 aliphatic heterocycles. The first-order valence-electron chi connectivity index (χ1n) is 14.5. The van der Waals surface area contributed by atoms with Crippen molar-refractivity contribution in [3.63, 3.8) is 0 Å². The van der Waals surface area contributed by atoms with Gasteiger partial charge in [-0.2, -0.15) is 29.2 Å². The van der Waals surface area contributed by atoms with E-state index in [4.69, 9.17) is 15.6 Å². The highest BCUT2D eigenvalue weighted by atomic mass is 16.5. The van der Waals surface area contributed by atoms with Crippen molar-refractivity contribution < 1.29 is 33.8 Å². The average Bonchev–Trinajstić information content (AvgIpc) is 3.82. The minimum absolute atomic E-state index is 0.000565. The minimum Gasteiger partial charge on any atom is -0.477 e. The van der Waals surface area contributed by atoms with E-state index in [1.54, 1.807) is 0 Å². The predicted octanol–water partition coefficient (Wildman–Crippen LogP) is -0.809. The second kappa shape index (κ2) is 13.2. The number of fused-ring (bicyclic) bond motifs is 3. The number of nitrogens with zero attached hydrogens (tertiary/aromatic N) is 9. The smallest absolute Gasteiger partial charge is 0.356 e. The summed E-state index contributed by atoms with van der Waals surface area (Å²) in [4.78, 5) is 87.6. The minimum atomic E-state index is -1.25. The number of carboxylic acids is 1. The van der Waals surface area contributed by atoms with Gasteiger partial charge in [0, 0.05) is 31.8 Å². The van der Waals surface area contributed by atoms with E-state index in [1.807, 2.05) is 23.1 Å². The second-order valence-electron chi connectivity index (χ2n) is 10.7. The zero-order valence-electron chi connectivity index (χ0n) is 26.2. The summed E-state index contributed by atoms with van der Waals surface area (Å²) in [5, 5.41) is 19.2. The van der Waals surface area contributed by atoms with Gasteiger partial charge in [-0.3, -0.25) is 14.4 Å². The van der Waals surface area contributed by atoms with Gasteiger partial charge in [-0.15, -0.1) is 0 Å². The molecule has 0 aliphatic carbocycles. The lowest BCUT2D eigenvalue weighted by molar-refractivity contribution is 0.0581. The zero-order valence-corrected chi connectivity index (χ0v) is 26.2. The number of aromatic nitrogens is 8. The van der Waals surface area contributed by atoms with Crippen LogP contribution in [-0.4, -0.2) is 88.9 Å². The number of aromatic carboxylic acids is 1. The number of hydrogen-bond acceptors (Lipinski definition) is 16. The third-order valence-electron chi connectivity index (χ3n) is 7.72. The highest BCUT2D eigenvalue weighted by molar-refractivity contribution is 5.96. The van der Waals surface area contributed by atoms with E-state index in [2.05, 4.69) is 40.2 Å². The van der Waals surface area contributed by atoms with Gasteiger partial charge in [0.25, 0.3) is 28.3 Å². The molecule has 50 heavy (non-hydrogen) atoms. The molecule has 4 N–H and O–H groups in total. The van der Waals surface area contributed by atoms with Crippen LogP contribution < -0.4 is 26.8 Å². The Bertz CT molecular complexity index is 2410. The topological polar surface area (TPSA) is 269 Å². The first kappa shape index (κ1) is 32.8. The lowest BCUT2D eigenvalue weighted by Crippen LogP contribution is -2.44. The molecule has 0 unspecified atom stereocenters. The zero-order chi connectivity index (χ0) is 35.7. The van der Waals surface area contributed by atoms with Crippen LogP contribution in [0.15, 0.2) is 52.6 Å². The number of nitrogens with two attached hydrogens (primary N) is 1. The molecular weight excluding hydrogens is 658 g/mol. The Morgan fingerprint density at radius 2 is 1.46 bits per heavy atom. The number of carbonyl (C=O) groups is 4. The Morgan fingerprint density at radius 1 is 0.860 bits per heavy atom. The van der Waals surface area contributed by atoms with Crippen molar-refractivity contribution in [2.24, 2.45) is 0 Å². The fourth-order valence-electron chi connectivity index (χ4n) is 5.25. The molecule has 6 aromatic rings. The fourth-order valence-corrected chi connectivity index (χ4v) is 5.25. The van der Waals surface area contributed by atoms with Gasteiger partial charge in [0.15, 0.2) is 17.1 Å². The van der Waals surface area contributed by atoms with Crippen LogP contribution in [0.1, 0.15) is 58.6 Å². The molecule has 20 heteroatoms. The van der Waals surface area contributed by atoms with Crippen LogP contribution in [0.3, 0.4) is 0 Å². The van der Waals surface area contributed by atoms with Gasteiger partial charge in [-0.05, 0) is 23.1 Å². The van der Waals surface area contributed by atoms with Crippen molar-refractivity contribution in [1.82, 2.24) is 44.5 Å². The largest absolute Gasteiger partial charge is 0.477 e. The second-order valence-corrected chi connectivity index (χ2v) is 10.7. The van der Waals surface area contributed by atoms with Crippen LogP contribution in [0, 0.1) is 0 Å². The molecule has 0 fully saturated rings. The maximum Gasteiger partial charge on any atom is 0.356 e. The summed E-state index contributed by atoms with van der Waals surface area (Å²) in [5.41, 5.74) is 7.48. The van der Waals surface area contributed by atoms with E-state index >= 15 is 0 Å². The number of methoxy groups -OCH3 is 2. The molecule has 7 rings (SSSR count). The number of carboxylic acid groups (broad SMARTS) is 1. The van der Waals surface area contributed by atoms with Crippen molar-refractivity contribution >= 4 is 46.7 Å². The van der Waals surface area contributed by atoms with Crippen molar-refractivity contribution in [3.8, 4) is 0 Å². The molecule has 1 aliphatic rings. The quantitative estimate of drug-likeness (QED) is 0.137. The Morgan fingerprint density at radius 3 is 2.04 bits per heavy atom. The summed E-state index contributed by atoms with van der Waals surface area (Å²) in [5.74, 6) is -3.00. The normalized spacial score (nSPS) is 12.2. The number of esters is 2. The van der Waals surface area contributed by atoms with Crippen LogP contribution in [0.4, 0.5) is 11.4 Å². The van der Waals surface area contributed by atoms with Crippen molar-refractivity contribution in [2.45, 2.75) is 19.5 Å². The van der Waals surface area contributed by atoms with Gasteiger partial charge in [-0.25, -0.2) is 24.4 Å². The maximum absolute atomic E-state index is 12.7. The van der Waals surface area contributed by atoms with Gasteiger partial charge in [0.2, 0.25) is 0 Å². The molecule has 0 saturated carbocycles. The van der Waals surface area contributed by atoms with Crippen LogP contribution in [0.5, 0.6) is 0 Å². The van der Waals surface area contributed by atoms with Gasteiger partial charge in [-0.1, -0.05) is 18.2 Å². The monoisotopic (exact) mass is 683 g/mol. The summed E-state index contributed by atoms with van der Waals surface area (Å²) >= 11 is 0. The number of rotatable bonds is 7. The highest BCUT2D eigenvalue weighted by Gasteiger charge is 2.27. The van der Waals surface area contributed by atoms with Gasteiger partial charge >= 0.3 is 17.9 Å². The van der Waals surface area contributed by atoms with Crippen molar-refractivity contribution in [2.75, 3.05) is 31.4 Å². The Balaban J connectivity index is 0.000000226. The molecule has 0 bridgehead atoms. The van der Waals surface area contributed by atoms with Crippen LogP contribution in [-0.2, 0) is 29.0 Å². The van der Waals surface area contributed by atoms with Crippen LogP contribution in [0.2, 0.25) is 0 Å². The third-order valence-corrected chi connectivity index (χ3v) is 7.72. The first-order valence-corrected chi connectivity index (χ1v) is 14.5. The summed E-state index contributed by atoms with van der Waals surface area (Å²) < 4.78 is 11.6. The molecule has 0 atom stereocenters. The van der Waals surface area contributed by atoms with E-state index in [0.29, 0.717) is 19.5 Å². The lowest BCUT2D eigenvalue weighted by Gasteiger charge is -2.32. The summed E-state index contributed by atoms with van der Waals surface area (Å²) in [7, 11) is 2.41. The van der Waals surface area contributed by atoms with E-state index in [-0.39, 0.29) is 52.3 Å². The van der Waals surface area contributed by atoms with E-state index < -0.39 is 34.7 Å². The summed E-state index contributed by atoms with van der Waals surface area (Å²) in [6.45, 7) is 1.25. The van der Waals surface area contributed by atoms with E-state index in [0.717, 1.165) is 27.3 Å². The van der Waals surface area contributed by atoms with Gasteiger partial charge < -0.3 is 30.5 Å². The maximum atomic E-state index is 12.7. The first-order chi connectivity index (χ1) is 24.0. The number of amides is 1. The van der Waals surface area contributed by atoms with Crippen LogP contribution >= 0.6 is 0 Å². The van der Waals surface area contributed by atoms with Gasteiger partial charge in [0.1, 0.15) is 29.7 Å². The number of benzene rings is 1. The molecule has 1 amide bonds. The molecule has 20 nitrogen and oxygen atoms in total. The van der Waals surface area contributed by atoms with Crippen molar-refractivity contribution in [1.29, 1.82) is 0 Å². The van der Waals surface area contributed by atoms with E-state index in [1.165, 1.54) is 37.5 Å². The predicted molar refractivity (Wildman–Crippen MR) is 169 cm³/mol. The standard InChI is InChI=1S/C22H19N7O5.C8H6N4O4/c1-34-21(33)15-7-14(27-22-25-10-26-29(15)22)20(32)24-8-11-2-3-12-4-5-28(9-13(12)6-11)17-16(23)18(30)19(17)31;1-16-7(15)5-2-4(6(13)14)11-8-9-3-10-12(5)8/h2-3,6-7,10H,4-5,8-9,23H2,1H3,(H,24,32);2-3H,1H3,(H,13,14). The number of anilines is 2. The number of carbonyl (C=O) groups excluding carboxylic acids is 3. The summed E-state index contributed by atoms with van der Waals surface area (Å²) in [6, 6.07) is 8.21. The van der Waals surface area contributed by atoms with Crippen LogP contribution in [0.25, 0.3) is 11.6 Å². The molecule has 5 heterocycles. The number of hydrogen-bond donors (Lipinski definition) is 3. The average molecular weight is 684 g/mol. The SMILES string of the molecule is COC(=O)c1cc(C(=O)NCc2ccc3c(c2)CN(c2c(N)c(=O)c2=O)CC3)nc2ncnn12.COC(=O)c1cc(C(=O)O)nc2ncnn12. The molecular formula is C30H25N11O9. The van der Waals surface area contributed by atoms with Gasteiger partial charge in [0.05, 0.1) is 14.2 Å². The molecule has 0 saturated heterocycles. The molecule has 254 valence electrons. The highest BCUT2D eigenvalue weighted by Crippen LogP contribution is 2.26. The number of nitrogen functional groups attached to an aromatic ring is 1. The molecule has 0 radical (unpaired) electrons. The third kappa shape index (κ3) is 6.03. The molecule has 2 aromatic carbocycles. The summed E-state index contributed by atoms with van der Waals surface area (Å²) in [6.07, 6.45) is 3.10. The fraction of sp³-hybridized carbons (Fsp3) is 0.200. The Labute approximate surface area is 278 Å². The Kier molecular flexibility index (Phi) is 8.65.